The molecule has 1 aromatic carbocycles. The standard InChI is InChI=1S/C12H14F3NO/c13-9-2-1-8(10(14)11(9)15)12(16)7-3-5-17-6-4-7/h1-2,7,12H,3-6,16H2. The molecule has 1 saturated heterocycles. The summed E-state index contributed by atoms with van der Waals surface area (Å²) < 4.78 is 44.6. The summed E-state index contributed by atoms with van der Waals surface area (Å²) in [5, 5.41) is 0. The summed E-state index contributed by atoms with van der Waals surface area (Å²) >= 11 is 0. The Morgan fingerprint density at radius 3 is 2.41 bits per heavy atom. The Bertz CT molecular complexity index is 405. The van der Waals surface area contributed by atoms with Crippen LogP contribution in [0.4, 0.5) is 13.2 Å². The van der Waals surface area contributed by atoms with Gasteiger partial charge in [-0.1, -0.05) is 6.07 Å². The Kier molecular flexibility index (Phi) is 3.69. The Morgan fingerprint density at radius 1 is 1.12 bits per heavy atom. The molecule has 1 unspecified atom stereocenters. The van der Waals surface area contributed by atoms with E-state index in [1.54, 1.807) is 0 Å². The van der Waals surface area contributed by atoms with Gasteiger partial charge in [-0.05, 0) is 24.8 Å². The van der Waals surface area contributed by atoms with Gasteiger partial charge in [-0.3, -0.25) is 0 Å². The Hall–Kier alpha value is -1.07. The number of benzene rings is 1. The zero-order valence-electron chi connectivity index (χ0n) is 9.26. The minimum atomic E-state index is -1.45. The van der Waals surface area contributed by atoms with E-state index in [1.807, 2.05) is 0 Å². The average Bonchev–Trinajstić information content (AvgIpc) is 2.36. The first-order valence-electron chi connectivity index (χ1n) is 5.58. The van der Waals surface area contributed by atoms with Crippen molar-refractivity contribution < 1.29 is 17.9 Å². The molecule has 1 aromatic rings. The number of halogens is 3. The van der Waals surface area contributed by atoms with E-state index in [2.05, 4.69) is 0 Å². The van der Waals surface area contributed by atoms with Gasteiger partial charge in [0.15, 0.2) is 17.5 Å². The molecule has 1 atom stereocenters. The van der Waals surface area contributed by atoms with Crippen LogP contribution in [-0.4, -0.2) is 13.2 Å². The summed E-state index contributed by atoms with van der Waals surface area (Å²) in [4.78, 5) is 0. The second-order valence-corrected chi connectivity index (χ2v) is 4.24. The normalized spacial score (nSPS) is 19.3. The maximum absolute atomic E-state index is 13.5. The monoisotopic (exact) mass is 245 g/mol. The van der Waals surface area contributed by atoms with Crippen LogP contribution in [-0.2, 0) is 4.74 Å². The quantitative estimate of drug-likeness (QED) is 0.812. The smallest absolute Gasteiger partial charge is 0.194 e. The maximum Gasteiger partial charge on any atom is 0.194 e. The van der Waals surface area contributed by atoms with Gasteiger partial charge in [0.05, 0.1) is 0 Å². The summed E-state index contributed by atoms with van der Waals surface area (Å²) in [6.45, 7) is 1.15. The van der Waals surface area contributed by atoms with Crippen molar-refractivity contribution in [2.75, 3.05) is 13.2 Å². The molecule has 17 heavy (non-hydrogen) atoms. The lowest BCUT2D eigenvalue weighted by atomic mass is 9.87. The summed E-state index contributed by atoms with van der Waals surface area (Å²) in [6.07, 6.45) is 1.42. The fourth-order valence-electron chi connectivity index (χ4n) is 2.13. The van der Waals surface area contributed by atoms with Gasteiger partial charge in [-0.2, -0.15) is 0 Å². The zero-order valence-corrected chi connectivity index (χ0v) is 9.26. The van der Waals surface area contributed by atoms with E-state index >= 15 is 0 Å². The molecule has 1 aliphatic heterocycles. The largest absolute Gasteiger partial charge is 0.381 e. The molecule has 0 saturated carbocycles. The van der Waals surface area contributed by atoms with Crippen molar-refractivity contribution in [3.63, 3.8) is 0 Å². The number of nitrogens with two attached hydrogens (primary N) is 1. The first kappa shape index (κ1) is 12.4. The van der Waals surface area contributed by atoms with Crippen LogP contribution in [0.2, 0.25) is 0 Å². The van der Waals surface area contributed by atoms with Crippen LogP contribution in [0.5, 0.6) is 0 Å². The predicted octanol–water partition coefficient (Wildman–Crippen LogP) is 2.53. The fourth-order valence-corrected chi connectivity index (χ4v) is 2.13. The number of ether oxygens (including phenoxy) is 1. The molecule has 0 aromatic heterocycles. The molecule has 2 N–H and O–H groups in total. The van der Waals surface area contributed by atoms with E-state index in [0.717, 1.165) is 6.07 Å². The van der Waals surface area contributed by atoms with Crippen LogP contribution < -0.4 is 5.73 Å². The van der Waals surface area contributed by atoms with Crippen molar-refractivity contribution in [3.8, 4) is 0 Å². The molecular formula is C12H14F3NO. The summed E-state index contributed by atoms with van der Waals surface area (Å²) in [5.41, 5.74) is 5.94. The molecule has 2 nitrogen and oxygen atoms in total. The van der Waals surface area contributed by atoms with Crippen LogP contribution in [0.15, 0.2) is 12.1 Å². The molecule has 0 spiro atoms. The average molecular weight is 245 g/mol. The van der Waals surface area contributed by atoms with E-state index < -0.39 is 23.5 Å². The van der Waals surface area contributed by atoms with Crippen molar-refractivity contribution in [1.29, 1.82) is 0 Å². The third kappa shape index (κ3) is 2.45. The van der Waals surface area contributed by atoms with Crippen LogP contribution in [0, 0.1) is 23.4 Å². The maximum atomic E-state index is 13.5. The lowest BCUT2D eigenvalue weighted by molar-refractivity contribution is 0.0579. The highest BCUT2D eigenvalue weighted by atomic mass is 19.2. The van der Waals surface area contributed by atoms with Gasteiger partial charge < -0.3 is 10.5 Å². The Morgan fingerprint density at radius 2 is 1.76 bits per heavy atom. The van der Waals surface area contributed by atoms with Gasteiger partial charge in [0.1, 0.15) is 0 Å². The third-order valence-electron chi connectivity index (χ3n) is 3.20. The second-order valence-electron chi connectivity index (χ2n) is 4.24. The molecule has 1 aliphatic rings. The van der Waals surface area contributed by atoms with E-state index in [1.165, 1.54) is 6.07 Å². The second kappa shape index (κ2) is 5.06. The molecule has 0 radical (unpaired) electrons. The van der Waals surface area contributed by atoms with Crippen molar-refractivity contribution in [3.05, 3.63) is 35.1 Å². The Balaban J connectivity index is 2.24. The first-order chi connectivity index (χ1) is 8.11. The Labute approximate surface area is 97.6 Å². The van der Waals surface area contributed by atoms with E-state index in [-0.39, 0.29) is 11.5 Å². The van der Waals surface area contributed by atoms with Crippen molar-refractivity contribution >= 4 is 0 Å². The number of hydrogen-bond donors (Lipinski definition) is 1. The summed E-state index contributed by atoms with van der Waals surface area (Å²) in [6, 6.07) is 1.51. The molecule has 1 fully saturated rings. The number of rotatable bonds is 2. The molecule has 2 rings (SSSR count). The predicted molar refractivity (Wildman–Crippen MR) is 56.8 cm³/mol. The molecule has 94 valence electrons. The first-order valence-corrected chi connectivity index (χ1v) is 5.58. The van der Waals surface area contributed by atoms with Gasteiger partial charge >= 0.3 is 0 Å². The lowest BCUT2D eigenvalue weighted by Crippen LogP contribution is -2.28. The van der Waals surface area contributed by atoms with Crippen LogP contribution in [0.3, 0.4) is 0 Å². The van der Waals surface area contributed by atoms with E-state index in [4.69, 9.17) is 10.5 Å². The van der Waals surface area contributed by atoms with Crippen molar-refractivity contribution in [2.24, 2.45) is 11.7 Å². The summed E-state index contributed by atoms with van der Waals surface area (Å²) in [5.74, 6) is -3.78. The summed E-state index contributed by atoms with van der Waals surface area (Å²) in [7, 11) is 0. The molecule has 1 heterocycles. The third-order valence-corrected chi connectivity index (χ3v) is 3.20. The molecule has 5 heteroatoms. The molecule has 0 bridgehead atoms. The lowest BCUT2D eigenvalue weighted by Gasteiger charge is -2.28. The highest BCUT2D eigenvalue weighted by molar-refractivity contribution is 5.24. The minimum Gasteiger partial charge on any atom is -0.381 e. The van der Waals surface area contributed by atoms with Crippen molar-refractivity contribution in [1.82, 2.24) is 0 Å². The SMILES string of the molecule is NC(c1ccc(F)c(F)c1F)C1CCOCC1. The van der Waals surface area contributed by atoms with Gasteiger partial charge in [-0.25, -0.2) is 13.2 Å². The van der Waals surface area contributed by atoms with Gasteiger partial charge in [0, 0.05) is 24.8 Å². The van der Waals surface area contributed by atoms with Gasteiger partial charge in [0.25, 0.3) is 0 Å². The highest BCUT2D eigenvalue weighted by Gasteiger charge is 2.26. The molecule has 0 amide bonds. The molecular weight excluding hydrogens is 231 g/mol. The van der Waals surface area contributed by atoms with Crippen LogP contribution in [0.1, 0.15) is 24.4 Å². The topological polar surface area (TPSA) is 35.2 Å². The van der Waals surface area contributed by atoms with Gasteiger partial charge in [0.2, 0.25) is 0 Å². The molecule has 0 aliphatic carbocycles. The minimum absolute atomic E-state index is 0.0378. The highest BCUT2D eigenvalue weighted by Crippen LogP contribution is 2.30. The van der Waals surface area contributed by atoms with Crippen LogP contribution in [0.25, 0.3) is 0 Å². The zero-order chi connectivity index (χ0) is 12.4. The number of hydrogen-bond acceptors (Lipinski definition) is 2. The van der Waals surface area contributed by atoms with Crippen LogP contribution >= 0.6 is 0 Å². The van der Waals surface area contributed by atoms with E-state index in [9.17, 15) is 13.2 Å². The fraction of sp³-hybridized carbons (Fsp3) is 0.500. The van der Waals surface area contributed by atoms with Crippen molar-refractivity contribution in [2.45, 2.75) is 18.9 Å². The van der Waals surface area contributed by atoms with Gasteiger partial charge in [-0.15, -0.1) is 0 Å². The van der Waals surface area contributed by atoms with E-state index in [0.29, 0.717) is 26.1 Å².